The van der Waals surface area contributed by atoms with Crippen molar-refractivity contribution in [1.82, 2.24) is 14.6 Å². The Morgan fingerprint density at radius 3 is 2.70 bits per heavy atom. The highest BCUT2D eigenvalue weighted by molar-refractivity contribution is 5.80. The van der Waals surface area contributed by atoms with E-state index in [2.05, 4.69) is 10.1 Å². The number of fused-ring (bicyclic) bond motifs is 1. The highest BCUT2D eigenvalue weighted by atomic mass is 19.4. The molecule has 3 rings (SSSR count). The summed E-state index contributed by atoms with van der Waals surface area (Å²) in [4.78, 5) is 3.32. The first kappa shape index (κ1) is 12.5. The third kappa shape index (κ3) is 2.07. The van der Waals surface area contributed by atoms with Crippen LogP contribution in [0.25, 0.3) is 16.6 Å². The van der Waals surface area contributed by atoms with Crippen molar-refractivity contribution >= 4 is 5.52 Å². The third-order valence-corrected chi connectivity index (χ3v) is 2.86. The van der Waals surface area contributed by atoms with Crippen molar-refractivity contribution in [3.05, 3.63) is 48.5 Å². The van der Waals surface area contributed by atoms with E-state index in [-0.39, 0.29) is 5.75 Å². The van der Waals surface area contributed by atoms with Crippen LogP contribution in [0.4, 0.5) is 13.2 Å². The first-order valence-corrected chi connectivity index (χ1v) is 5.65. The minimum atomic E-state index is -4.49. The maximum absolute atomic E-state index is 12.7. The van der Waals surface area contributed by atoms with E-state index in [1.165, 1.54) is 29.0 Å². The third-order valence-electron chi connectivity index (χ3n) is 2.86. The van der Waals surface area contributed by atoms with Crippen LogP contribution in [0.5, 0.6) is 5.75 Å². The first-order valence-electron chi connectivity index (χ1n) is 5.65. The van der Waals surface area contributed by atoms with Gasteiger partial charge in [-0.15, -0.1) is 0 Å². The molecule has 20 heavy (non-hydrogen) atoms. The van der Waals surface area contributed by atoms with Gasteiger partial charge in [0, 0.05) is 11.8 Å². The lowest BCUT2D eigenvalue weighted by Gasteiger charge is -2.07. The van der Waals surface area contributed by atoms with Gasteiger partial charge in [-0.05, 0) is 29.8 Å². The van der Waals surface area contributed by atoms with Gasteiger partial charge in [0.2, 0.25) is 0 Å². The molecule has 0 radical (unpaired) electrons. The van der Waals surface area contributed by atoms with Gasteiger partial charge >= 0.3 is 6.18 Å². The van der Waals surface area contributed by atoms with Gasteiger partial charge in [0.05, 0.1) is 17.9 Å². The molecule has 0 bridgehead atoms. The molecule has 0 unspecified atom stereocenters. The Bertz CT molecular complexity index is 780. The Kier molecular flexibility index (Phi) is 2.63. The first-order chi connectivity index (χ1) is 9.45. The Morgan fingerprint density at radius 1 is 1.15 bits per heavy atom. The maximum Gasteiger partial charge on any atom is 0.433 e. The molecular formula is C13H8F3N3O. The molecule has 0 atom stereocenters. The molecular weight excluding hydrogens is 271 g/mol. The van der Waals surface area contributed by atoms with E-state index in [4.69, 9.17) is 0 Å². The van der Waals surface area contributed by atoms with Gasteiger partial charge in [-0.1, -0.05) is 0 Å². The minimum absolute atomic E-state index is 0.0258. The summed E-state index contributed by atoms with van der Waals surface area (Å²) in [6.45, 7) is 0. The Balaban J connectivity index is 2.16. The number of pyridine rings is 2. The topological polar surface area (TPSA) is 50.4 Å². The molecule has 7 heteroatoms. The zero-order valence-corrected chi connectivity index (χ0v) is 9.96. The smallest absolute Gasteiger partial charge is 0.433 e. The lowest BCUT2D eigenvalue weighted by Crippen LogP contribution is -2.07. The summed E-state index contributed by atoms with van der Waals surface area (Å²) in [7, 11) is 0. The SMILES string of the molecule is Oc1ccc2c(-c3ccnc(C(F)(F)F)c3)cnn2c1. The molecule has 0 aliphatic heterocycles. The van der Waals surface area contributed by atoms with Crippen LogP contribution in [0.15, 0.2) is 42.9 Å². The molecule has 3 aromatic rings. The van der Waals surface area contributed by atoms with E-state index in [1.807, 2.05) is 0 Å². The molecule has 0 aromatic carbocycles. The van der Waals surface area contributed by atoms with E-state index in [0.29, 0.717) is 16.6 Å². The van der Waals surface area contributed by atoms with E-state index in [0.717, 1.165) is 12.3 Å². The highest BCUT2D eigenvalue weighted by Gasteiger charge is 2.32. The lowest BCUT2D eigenvalue weighted by molar-refractivity contribution is -0.141. The molecule has 1 N–H and O–H groups in total. The summed E-state index contributed by atoms with van der Waals surface area (Å²) in [5.41, 5.74) is 0.557. The number of hydrogen-bond donors (Lipinski definition) is 1. The fourth-order valence-corrected chi connectivity index (χ4v) is 1.95. The van der Waals surface area contributed by atoms with Crippen molar-refractivity contribution < 1.29 is 18.3 Å². The predicted molar refractivity (Wildman–Crippen MR) is 65.1 cm³/mol. The van der Waals surface area contributed by atoms with Crippen molar-refractivity contribution in [2.24, 2.45) is 0 Å². The number of nitrogens with zero attached hydrogens (tertiary/aromatic N) is 3. The average molecular weight is 279 g/mol. The van der Waals surface area contributed by atoms with Crippen LogP contribution in [0.1, 0.15) is 5.69 Å². The summed E-state index contributed by atoms with van der Waals surface area (Å²) in [5.74, 6) is 0.0258. The zero-order chi connectivity index (χ0) is 14.3. The quantitative estimate of drug-likeness (QED) is 0.744. The summed E-state index contributed by atoms with van der Waals surface area (Å²) >= 11 is 0. The van der Waals surface area contributed by atoms with Crippen molar-refractivity contribution in [3.63, 3.8) is 0 Å². The molecule has 0 saturated heterocycles. The Morgan fingerprint density at radius 2 is 1.95 bits per heavy atom. The fraction of sp³-hybridized carbons (Fsp3) is 0.0769. The van der Waals surface area contributed by atoms with Crippen molar-refractivity contribution in [3.8, 4) is 16.9 Å². The predicted octanol–water partition coefficient (Wildman–Crippen LogP) is 3.12. The largest absolute Gasteiger partial charge is 0.506 e. The van der Waals surface area contributed by atoms with Crippen LogP contribution in [0.3, 0.4) is 0 Å². The van der Waals surface area contributed by atoms with E-state index in [1.54, 1.807) is 6.07 Å². The lowest BCUT2D eigenvalue weighted by atomic mass is 10.1. The number of rotatable bonds is 1. The number of aromatic hydroxyl groups is 1. The van der Waals surface area contributed by atoms with Gasteiger partial charge < -0.3 is 5.11 Å². The molecule has 0 fully saturated rings. The number of hydrogen-bond acceptors (Lipinski definition) is 3. The van der Waals surface area contributed by atoms with Gasteiger partial charge in [0.1, 0.15) is 11.4 Å². The second kappa shape index (κ2) is 4.22. The number of alkyl halides is 3. The summed E-state index contributed by atoms with van der Waals surface area (Å²) < 4.78 is 39.4. The minimum Gasteiger partial charge on any atom is -0.506 e. The molecule has 0 spiro atoms. The van der Waals surface area contributed by atoms with Crippen LogP contribution in [-0.4, -0.2) is 19.7 Å². The van der Waals surface area contributed by atoms with Crippen LogP contribution < -0.4 is 0 Å². The van der Waals surface area contributed by atoms with Gasteiger partial charge in [0.15, 0.2) is 0 Å². The van der Waals surface area contributed by atoms with Crippen LogP contribution in [-0.2, 0) is 6.18 Å². The average Bonchev–Trinajstić information content (AvgIpc) is 2.80. The number of halogens is 3. The molecule has 3 heterocycles. The van der Waals surface area contributed by atoms with Gasteiger partial charge in [0.25, 0.3) is 0 Å². The van der Waals surface area contributed by atoms with Crippen molar-refractivity contribution in [2.45, 2.75) is 6.18 Å². The molecule has 102 valence electrons. The van der Waals surface area contributed by atoms with Crippen LogP contribution in [0, 0.1) is 0 Å². The van der Waals surface area contributed by atoms with E-state index >= 15 is 0 Å². The summed E-state index contributed by atoms with van der Waals surface area (Å²) in [6.07, 6.45) is -0.547. The standard InChI is InChI=1S/C13H8F3N3O/c14-13(15,16)12-5-8(3-4-17-12)10-6-18-19-7-9(20)1-2-11(10)19/h1-7,20H. The molecule has 0 aliphatic carbocycles. The van der Waals surface area contributed by atoms with Gasteiger partial charge in [-0.3, -0.25) is 4.98 Å². The van der Waals surface area contributed by atoms with Crippen LogP contribution in [0.2, 0.25) is 0 Å². The monoisotopic (exact) mass is 279 g/mol. The van der Waals surface area contributed by atoms with Crippen molar-refractivity contribution in [1.29, 1.82) is 0 Å². The Hall–Kier alpha value is -2.57. The number of aromatic nitrogens is 3. The zero-order valence-electron chi connectivity index (χ0n) is 9.96. The molecule has 0 saturated carbocycles. The summed E-state index contributed by atoms with van der Waals surface area (Å²) in [5, 5.41) is 13.3. The van der Waals surface area contributed by atoms with E-state index < -0.39 is 11.9 Å². The second-order valence-electron chi connectivity index (χ2n) is 4.20. The molecule has 0 amide bonds. The molecule has 3 aromatic heterocycles. The maximum atomic E-state index is 12.7. The fourth-order valence-electron chi connectivity index (χ4n) is 1.95. The van der Waals surface area contributed by atoms with Gasteiger partial charge in [-0.2, -0.15) is 18.3 Å². The second-order valence-corrected chi connectivity index (χ2v) is 4.20. The molecule has 4 nitrogen and oxygen atoms in total. The van der Waals surface area contributed by atoms with Crippen LogP contribution >= 0.6 is 0 Å². The van der Waals surface area contributed by atoms with Crippen molar-refractivity contribution in [2.75, 3.05) is 0 Å². The normalized spacial score (nSPS) is 11.9. The highest BCUT2D eigenvalue weighted by Crippen LogP contribution is 2.32. The summed E-state index contributed by atoms with van der Waals surface area (Å²) in [6, 6.07) is 5.50. The molecule has 0 aliphatic rings. The Labute approximate surface area is 111 Å². The van der Waals surface area contributed by atoms with Gasteiger partial charge in [-0.25, -0.2) is 4.52 Å². The van der Waals surface area contributed by atoms with E-state index in [9.17, 15) is 18.3 Å².